The number of hydrogen-bond donors (Lipinski definition) is 0. The van der Waals surface area contributed by atoms with Crippen molar-refractivity contribution in [2.45, 2.75) is 6.42 Å². The molecule has 0 aromatic heterocycles. The van der Waals surface area contributed by atoms with Crippen molar-refractivity contribution in [2.75, 3.05) is 13.2 Å². The number of fused-ring (bicyclic) bond motifs is 1. The minimum absolute atomic E-state index is 0.307. The lowest BCUT2D eigenvalue weighted by Crippen LogP contribution is -2.07. The van der Waals surface area contributed by atoms with Crippen molar-refractivity contribution in [1.29, 1.82) is 0 Å². The van der Waals surface area contributed by atoms with E-state index in [0.717, 1.165) is 19.1 Å². The minimum Gasteiger partial charge on any atom is -0.380 e. The van der Waals surface area contributed by atoms with E-state index in [9.17, 15) is 0 Å². The van der Waals surface area contributed by atoms with Gasteiger partial charge < -0.3 is 4.74 Å². The summed E-state index contributed by atoms with van der Waals surface area (Å²) in [5, 5.41) is 0. The van der Waals surface area contributed by atoms with Crippen molar-refractivity contribution in [3.8, 4) is 0 Å². The van der Waals surface area contributed by atoms with Crippen LogP contribution in [0.1, 0.15) is 12.0 Å². The Bertz CT molecular complexity index is 368. The predicted molar refractivity (Wildman–Crippen MR) is 56.8 cm³/mol. The average Bonchev–Trinajstić information content (AvgIpc) is 2.82. The summed E-state index contributed by atoms with van der Waals surface area (Å²) in [7, 11) is 0. The third kappa shape index (κ3) is 0.992. The molecule has 0 bridgehead atoms. The lowest BCUT2D eigenvalue weighted by atomic mass is 9.90. The van der Waals surface area contributed by atoms with Crippen molar-refractivity contribution in [3.05, 3.63) is 42.5 Å². The average molecular weight is 186 g/mol. The van der Waals surface area contributed by atoms with Gasteiger partial charge in [0.1, 0.15) is 0 Å². The first-order chi connectivity index (χ1) is 6.83. The standard InChI is InChI=1S/C13H14O/c1-10(11-5-3-2-4-6-11)13-7-12(13)8-14-9-13/h2-6,12H,1,7-9H2. The van der Waals surface area contributed by atoms with Crippen LogP contribution in [0.15, 0.2) is 36.9 Å². The van der Waals surface area contributed by atoms with E-state index in [-0.39, 0.29) is 0 Å². The van der Waals surface area contributed by atoms with Crippen LogP contribution in [0, 0.1) is 11.3 Å². The van der Waals surface area contributed by atoms with Gasteiger partial charge in [-0.05, 0) is 23.5 Å². The monoisotopic (exact) mass is 186 g/mol. The summed E-state index contributed by atoms with van der Waals surface area (Å²) in [5.41, 5.74) is 2.86. The molecule has 1 saturated carbocycles. The molecule has 2 atom stereocenters. The van der Waals surface area contributed by atoms with E-state index in [1.165, 1.54) is 17.6 Å². The number of benzene rings is 1. The van der Waals surface area contributed by atoms with E-state index in [4.69, 9.17) is 4.74 Å². The molecule has 1 nitrogen and oxygen atoms in total. The van der Waals surface area contributed by atoms with Gasteiger partial charge in [-0.15, -0.1) is 0 Å². The zero-order valence-electron chi connectivity index (χ0n) is 8.20. The minimum atomic E-state index is 0.307. The summed E-state index contributed by atoms with van der Waals surface area (Å²) < 4.78 is 5.49. The Morgan fingerprint density at radius 2 is 2.14 bits per heavy atom. The molecule has 1 aromatic rings. The summed E-state index contributed by atoms with van der Waals surface area (Å²) in [6.07, 6.45) is 1.28. The van der Waals surface area contributed by atoms with Gasteiger partial charge in [-0.1, -0.05) is 36.9 Å². The first-order valence-corrected chi connectivity index (χ1v) is 5.15. The van der Waals surface area contributed by atoms with Gasteiger partial charge in [0.15, 0.2) is 0 Å². The Labute approximate surface area is 84.4 Å². The lowest BCUT2D eigenvalue weighted by molar-refractivity contribution is 0.157. The number of hydrogen-bond acceptors (Lipinski definition) is 1. The molecule has 2 unspecified atom stereocenters. The van der Waals surface area contributed by atoms with Crippen molar-refractivity contribution in [3.63, 3.8) is 0 Å². The van der Waals surface area contributed by atoms with Crippen LogP contribution in [0.25, 0.3) is 5.57 Å². The maximum absolute atomic E-state index is 5.49. The molecule has 0 radical (unpaired) electrons. The second-order valence-corrected chi connectivity index (χ2v) is 4.42. The van der Waals surface area contributed by atoms with Gasteiger partial charge >= 0.3 is 0 Å². The highest BCUT2D eigenvalue weighted by atomic mass is 16.5. The van der Waals surface area contributed by atoms with Crippen LogP contribution in [0.3, 0.4) is 0 Å². The van der Waals surface area contributed by atoms with Crippen LogP contribution in [-0.2, 0) is 4.74 Å². The molecule has 1 aliphatic carbocycles. The molecule has 0 spiro atoms. The Hall–Kier alpha value is -1.08. The van der Waals surface area contributed by atoms with Crippen LogP contribution in [0.2, 0.25) is 0 Å². The topological polar surface area (TPSA) is 9.23 Å². The number of rotatable bonds is 2. The Kier molecular flexibility index (Phi) is 1.59. The molecule has 1 aliphatic heterocycles. The van der Waals surface area contributed by atoms with E-state index < -0.39 is 0 Å². The van der Waals surface area contributed by atoms with Crippen molar-refractivity contribution >= 4 is 5.57 Å². The fourth-order valence-corrected chi connectivity index (χ4v) is 2.54. The second-order valence-electron chi connectivity index (χ2n) is 4.42. The SMILES string of the molecule is C=C(c1ccccc1)C12COCC1C2. The predicted octanol–water partition coefficient (Wildman–Crippen LogP) is 2.74. The van der Waals surface area contributed by atoms with Crippen molar-refractivity contribution in [1.82, 2.24) is 0 Å². The van der Waals surface area contributed by atoms with Gasteiger partial charge in [0.2, 0.25) is 0 Å². The zero-order chi connectivity index (χ0) is 9.60. The summed E-state index contributed by atoms with van der Waals surface area (Å²) in [6, 6.07) is 10.5. The van der Waals surface area contributed by atoms with Crippen molar-refractivity contribution in [2.24, 2.45) is 11.3 Å². The fraction of sp³-hybridized carbons (Fsp3) is 0.385. The van der Waals surface area contributed by atoms with Gasteiger partial charge in [0, 0.05) is 5.41 Å². The van der Waals surface area contributed by atoms with E-state index in [2.05, 4.69) is 30.8 Å². The summed E-state index contributed by atoms with van der Waals surface area (Å²) >= 11 is 0. The Morgan fingerprint density at radius 1 is 1.36 bits per heavy atom. The smallest absolute Gasteiger partial charge is 0.0566 e. The first-order valence-electron chi connectivity index (χ1n) is 5.15. The molecule has 0 N–H and O–H groups in total. The molecule has 2 fully saturated rings. The zero-order valence-corrected chi connectivity index (χ0v) is 8.20. The molecule has 0 amide bonds. The third-order valence-corrected chi connectivity index (χ3v) is 3.63. The number of ether oxygens (including phenoxy) is 1. The molecule has 2 aliphatic rings. The Morgan fingerprint density at radius 3 is 2.71 bits per heavy atom. The molecular formula is C13H14O. The largest absolute Gasteiger partial charge is 0.380 e. The first kappa shape index (κ1) is 8.25. The molecule has 1 heterocycles. The Balaban J connectivity index is 1.91. The molecule has 1 aromatic carbocycles. The van der Waals surface area contributed by atoms with Gasteiger partial charge in [-0.25, -0.2) is 0 Å². The highest BCUT2D eigenvalue weighted by Gasteiger charge is 2.59. The highest BCUT2D eigenvalue weighted by molar-refractivity contribution is 5.72. The maximum Gasteiger partial charge on any atom is 0.0566 e. The molecule has 1 heteroatoms. The quantitative estimate of drug-likeness (QED) is 0.690. The van der Waals surface area contributed by atoms with Gasteiger partial charge in [0.25, 0.3) is 0 Å². The third-order valence-electron chi connectivity index (χ3n) is 3.63. The summed E-state index contributed by atoms with van der Waals surface area (Å²) in [6.45, 7) is 6.06. The van der Waals surface area contributed by atoms with E-state index in [1.54, 1.807) is 0 Å². The molecular weight excluding hydrogens is 172 g/mol. The summed E-state index contributed by atoms with van der Waals surface area (Å²) in [5.74, 6) is 0.746. The van der Waals surface area contributed by atoms with E-state index >= 15 is 0 Å². The second kappa shape index (κ2) is 2.71. The van der Waals surface area contributed by atoms with E-state index in [0.29, 0.717) is 5.41 Å². The molecule has 3 rings (SSSR count). The molecule has 14 heavy (non-hydrogen) atoms. The maximum atomic E-state index is 5.49. The molecule has 72 valence electrons. The van der Waals surface area contributed by atoms with E-state index in [1.807, 2.05) is 6.07 Å². The van der Waals surface area contributed by atoms with Crippen LogP contribution in [0.4, 0.5) is 0 Å². The van der Waals surface area contributed by atoms with Crippen LogP contribution in [-0.4, -0.2) is 13.2 Å². The van der Waals surface area contributed by atoms with Gasteiger partial charge in [0.05, 0.1) is 13.2 Å². The van der Waals surface area contributed by atoms with Crippen molar-refractivity contribution < 1.29 is 4.74 Å². The fourth-order valence-electron chi connectivity index (χ4n) is 2.54. The van der Waals surface area contributed by atoms with Gasteiger partial charge in [-0.3, -0.25) is 0 Å². The van der Waals surface area contributed by atoms with Crippen LogP contribution < -0.4 is 0 Å². The highest BCUT2D eigenvalue weighted by Crippen LogP contribution is 2.63. The molecule has 1 saturated heterocycles. The van der Waals surface area contributed by atoms with Crippen LogP contribution in [0.5, 0.6) is 0 Å². The summed E-state index contributed by atoms with van der Waals surface area (Å²) in [4.78, 5) is 0. The lowest BCUT2D eigenvalue weighted by Gasteiger charge is -2.14. The van der Waals surface area contributed by atoms with Gasteiger partial charge in [-0.2, -0.15) is 0 Å². The van der Waals surface area contributed by atoms with Crippen LogP contribution >= 0.6 is 0 Å². The normalized spacial score (nSPS) is 33.9.